The Morgan fingerprint density at radius 3 is 2.14 bits per heavy atom. The summed E-state index contributed by atoms with van der Waals surface area (Å²) in [5.41, 5.74) is 13.5. The average molecular weight is 382 g/mol. The summed E-state index contributed by atoms with van der Waals surface area (Å²) >= 11 is 0. The van der Waals surface area contributed by atoms with E-state index in [1.54, 1.807) is 30.3 Å². The van der Waals surface area contributed by atoms with Crippen LogP contribution in [-0.4, -0.2) is 25.3 Å². The maximum atomic E-state index is 11.4. The summed E-state index contributed by atoms with van der Waals surface area (Å²) in [5, 5.41) is 0. The zero-order chi connectivity index (χ0) is 20.8. The first-order chi connectivity index (χ1) is 13.6. The van der Waals surface area contributed by atoms with Gasteiger partial charge in [0.2, 0.25) is 0 Å². The van der Waals surface area contributed by atoms with Gasteiger partial charge >= 0.3 is 11.9 Å². The highest BCUT2D eigenvalue weighted by Gasteiger charge is 2.10. The predicted molar refractivity (Wildman–Crippen MR) is 110 cm³/mol. The zero-order valence-electron chi connectivity index (χ0n) is 15.8. The van der Waals surface area contributed by atoms with E-state index in [1.165, 1.54) is 6.08 Å². The maximum absolute atomic E-state index is 11.4. The molecule has 0 unspecified atom stereocenters. The number of nitrogens with two attached hydrogens (primary N) is 2. The fraction of sp³-hybridized carbons (Fsp3) is 0.182. The number of benzene rings is 2. The van der Waals surface area contributed by atoms with Crippen LogP contribution in [0.2, 0.25) is 0 Å². The van der Waals surface area contributed by atoms with Crippen LogP contribution in [0, 0.1) is 0 Å². The molecule has 4 N–H and O–H groups in total. The van der Waals surface area contributed by atoms with E-state index in [0.717, 1.165) is 11.1 Å². The van der Waals surface area contributed by atoms with E-state index < -0.39 is 0 Å². The molecule has 0 spiro atoms. The van der Waals surface area contributed by atoms with Crippen molar-refractivity contribution in [2.75, 3.05) is 13.3 Å². The molecule has 0 fully saturated rings. The molecule has 2 aromatic rings. The Morgan fingerprint density at radius 2 is 1.57 bits per heavy atom. The summed E-state index contributed by atoms with van der Waals surface area (Å²) in [5.74, 6) is -0.724. The van der Waals surface area contributed by atoms with Gasteiger partial charge in [0.25, 0.3) is 0 Å². The smallest absolute Gasteiger partial charge is 0.339 e. The van der Waals surface area contributed by atoms with E-state index in [2.05, 4.69) is 13.2 Å². The molecule has 6 heteroatoms. The molecule has 0 bridgehead atoms. The standard InChI is InChI=1S/2C11H13NO2/c1-2-7-14-11(13)10-5-3-9(8-12)4-6-10;1-2-5-9-6-3-4-7-10(9)11(13)14-8-12/h2-6H,1,7-8,12H2;2-4,6-7H,1,5,8,12H2. The molecule has 0 radical (unpaired) electrons. The zero-order valence-corrected chi connectivity index (χ0v) is 15.8. The highest BCUT2D eigenvalue weighted by atomic mass is 16.5. The number of hydrogen-bond acceptors (Lipinski definition) is 6. The van der Waals surface area contributed by atoms with Gasteiger partial charge in [0.05, 0.1) is 11.1 Å². The van der Waals surface area contributed by atoms with E-state index in [4.69, 9.17) is 20.9 Å². The minimum Gasteiger partial charge on any atom is -0.458 e. The number of carbonyl (C=O) groups excluding carboxylic acids is 2. The number of hydrogen-bond donors (Lipinski definition) is 2. The van der Waals surface area contributed by atoms with Crippen LogP contribution in [0.25, 0.3) is 0 Å². The van der Waals surface area contributed by atoms with Crippen molar-refractivity contribution in [2.24, 2.45) is 11.5 Å². The summed E-state index contributed by atoms with van der Waals surface area (Å²) in [6, 6.07) is 14.3. The van der Waals surface area contributed by atoms with E-state index >= 15 is 0 Å². The second kappa shape index (κ2) is 13.0. The van der Waals surface area contributed by atoms with Gasteiger partial charge < -0.3 is 15.2 Å². The normalized spacial score (nSPS) is 9.50. The Bertz CT molecular complexity index is 785. The van der Waals surface area contributed by atoms with Gasteiger partial charge in [0.1, 0.15) is 13.3 Å². The monoisotopic (exact) mass is 382 g/mol. The van der Waals surface area contributed by atoms with Crippen LogP contribution in [0.5, 0.6) is 0 Å². The Kier molecular flexibility index (Phi) is 10.6. The number of carbonyl (C=O) groups is 2. The molecule has 0 aliphatic heterocycles. The Labute approximate surface area is 165 Å². The third kappa shape index (κ3) is 7.57. The molecular formula is C22H26N2O4. The summed E-state index contributed by atoms with van der Waals surface area (Å²) in [4.78, 5) is 22.7. The maximum Gasteiger partial charge on any atom is 0.339 e. The quantitative estimate of drug-likeness (QED) is 0.413. The van der Waals surface area contributed by atoms with Crippen LogP contribution >= 0.6 is 0 Å². The lowest BCUT2D eigenvalue weighted by Crippen LogP contribution is -2.13. The van der Waals surface area contributed by atoms with Gasteiger partial charge in [0.15, 0.2) is 0 Å². The Morgan fingerprint density at radius 1 is 0.893 bits per heavy atom. The minimum atomic E-state index is -0.384. The lowest BCUT2D eigenvalue weighted by atomic mass is 10.1. The molecule has 2 rings (SSSR count). The van der Waals surface area contributed by atoms with Crippen molar-refractivity contribution in [3.05, 3.63) is 96.1 Å². The first-order valence-electron chi connectivity index (χ1n) is 8.70. The summed E-state index contributed by atoms with van der Waals surface area (Å²) in [6.45, 7) is 7.70. The topological polar surface area (TPSA) is 105 Å². The molecule has 28 heavy (non-hydrogen) atoms. The summed E-state index contributed by atoms with van der Waals surface area (Å²) < 4.78 is 9.58. The molecule has 148 valence electrons. The van der Waals surface area contributed by atoms with Crippen molar-refractivity contribution in [1.82, 2.24) is 0 Å². The fourth-order valence-electron chi connectivity index (χ4n) is 2.20. The van der Waals surface area contributed by atoms with E-state index in [1.807, 2.05) is 24.3 Å². The Balaban J connectivity index is 0.000000280. The van der Waals surface area contributed by atoms with Gasteiger partial charge in [-0.05, 0) is 35.7 Å². The molecule has 0 saturated carbocycles. The van der Waals surface area contributed by atoms with Crippen molar-refractivity contribution in [3.63, 3.8) is 0 Å². The van der Waals surface area contributed by atoms with Crippen molar-refractivity contribution >= 4 is 11.9 Å². The van der Waals surface area contributed by atoms with Crippen LogP contribution in [0.1, 0.15) is 31.8 Å². The van der Waals surface area contributed by atoms with Crippen molar-refractivity contribution in [3.8, 4) is 0 Å². The van der Waals surface area contributed by atoms with Crippen LogP contribution in [-0.2, 0) is 22.4 Å². The van der Waals surface area contributed by atoms with Gasteiger partial charge in [-0.1, -0.05) is 49.1 Å². The van der Waals surface area contributed by atoms with Gasteiger partial charge in [0, 0.05) is 6.54 Å². The van der Waals surface area contributed by atoms with E-state index in [9.17, 15) is 9.59 Å². The second-order valence-corrected chi connectivity index (χ2v) is 5.54. The molecular weight excluding hydrogens is 356 g/mol. The molecule has 0 saturated heterocycles. The molecule has 0 amide bonds. The number of ether oxygens (including phenoxy) is 2. The Hall–Kier alpha value is -3.22. The largest absolute Gasteiger partial charge is 0.458 e. The van der Waals surface area contributed by atoms with Crippen molar-refractivity contribution in [1.29, 1.82) is 0 Å². The predicted octanol–water partition coefficient (Wildman–Crippen LogP) is 2.98. The van der Waals surface area contributed by atoms with Gasteiger partial charge in [-0.15, -0.1) is 6.58 Å². The van der Waals surface area contributed by atoms with E-state index in [-0.39, 0.29) is 25.3 Å². The number of allylic oxidation sites excluding steroid dienone is 1. The van der Waals surface area contributed by atoms with Crippen LogP contribution in [0.3, 0.4) is 0 Å². The molecule has 0 heterocycles. The molecule has 6 nitrogen and oxygen atoms in total. The van der Waals surface area contributed by atoms with Crippen LogP contribution in [0.4, 0.5) is 0 Å². The average Bonchev–Trinajstić information content (AvgIpc) is 2.73. The van der Waals surface area contributed by atoms with Crippen LogP contribution in [0.15, 0.2) is 73.8 Å². The number of rotatable bonds is 8. The molecule has 2 aromatic carbocycles. The fourth-order valence-corrected chi connectivity index (χ4v) is 2.20. The molecule has 0 aliphatic rings. The van der Waals surface area contributed by atoms with Crippen molar-refractivity contribution < 1.29 is 19.1 Å². The SMILES string of the molecule is C=CCOC(=O)c1ccc(CN)cc1.C=CCc1ccccc1C(=O)OCN. The highest BCUT2D eigenvalue weighted by molar-refractivity contribution is 5.91. The second-order valence-electron chi connectivity index (χ2n) is 5.54. The first-order valence-corrected chi connectivity index (χ1v) is 8.70. The molecule has 0 atom stereocenters. The van der Waals surface area contributed by atoms with Crippen LogP contribution < -0.4 is 11.5 Å². The summed E-state index contributed by atoms with van der Waals surface area (Å²) in [6.07, 6.45) is 3.93. The first kappa shape index (κ1) is 22.8. The van der Waals surface area contributed by atoms with Gasteiger partial charge in [-0.2, -0.15) is 0 Å². The third-order valence-electron chi connectivity index (χ3n) is 3.57. The van der Waals surface area contributed by atoms with E-state index in [0.29, 0.717) is 24.1 Å². The minimum absolute atomic E-state index is 0.0960. The van der Waals surface area contributed by atoms with Gasteiger partial charge in [-0.25, -0.2) is 9.59 Å². The lowest BCUT2D eigenvalue weighted by molar-refractivity contribution is 0.0512. The number of esters is 2. The molecule has 0 aromatic heterocycles. The highest BCUT2D eigenvalue weighted by Crippen LogP contribution is 2.11. The summed E-state index contributed by atoms with van der Waals surface area (Å²) in [7, 11) is 0. The lowest BCUT2D eigenvalue weighted by Gasteiger charge is -2.05. The van der Waals surface area contributed by atoms with Crippen molar-refractivity contribution in [2.45, 2.75) is 13.0 Å². The third-order valence-corrected chi connectivity index (χ3v) is 3.57. The molecule has 0 aliphatic carbocycles. The van der Waals surface area contributed by atoms with Gasteiger partial charge in [-0.3, -0.25) is 5.73 Å².